The van der Waals surface area contributed by atoms with Gasteiger partial charge in [-0.2, -0.15) is 0 Å². The summed E-state index contributed by atoms with van der Waals surface area (Å²) >= 11 is 5.87. The van der Waals surface area contributed by atoms with Gasteiger partial charge in [-0.3, -0.25) is 4.79 Å². The van der Waals surface area contributed by atoms with E-state index in [1.807, 2.05) is 0 Å². The number of nitrogens with two attached hydrogens (primary N) is 1. The predicted octanol–water partition coefficient (Wildman–Crippen LogP) is 1.53. The summed E-state index contributed by atoms with van der Waals surface area (Å²) in [4.78, 5) is 11.2. The van der Waals surface area contributed by atoms with Crippen LogP contribution in [0.1, 0.15) is 17.2 Å². The molecule has 0 saturated carbocycles. The smallest absolute Gasteiger partial charge is 0.241 e. The van der Waals surface area contributed by atoms with Gasteiger partial charge < -0.3 is 11.1 Å². The predicted molar refractivity (Wildman–Crippen MR) is 57.1 cm³/mol. The van der Waals surface area contributed by atoms with Crippen molar-refractivity contribution in [3.8, 4) is 0 Å². The number of hydrogen-bond acceptors (Lipinski definition) is 2. The Morgan fingerprint density at radius 2 is 2.20 bits per heavy atom. The number of nitrogens with one attached hydrogen (secondary N) is 1. The molecule has 0 aliphatic carbocycles. The van der Waals surface area contributed by atoms with Gasteiger partial charge in [-0.1, -0.05) is 11.6 Å². The van der Waals surface area contributed by atoms with E-state index >= 15 is 0 Å². The number of hydrogen-bond donors (Lipinski definition) is 2. The van der Waals surface area contributed by atoms with E-state index in [-0.39, 0.29) is 0 Å². The molecule has 0 aromatic heterocycles. The van der Waals surface area contributed by atoms with Crippen molar-refractivity contribution in [2.45, 2.75) is 13.0 Å². The molecule has 1 rings (SSSR count). The molecule has 3 nitrogen and oxygen atoms in total. The van der Waals surface area contributed by atoms with E-state index < -0.39 is 17.8 Å². The molecule has 3 N–H and O–H groups in total. The quantitative estimate of drug-likeness (QED) is 0.810. The Balaban J connectivity index is 3.14. The number of benzene rings is 1. The summed E-state index contributed by atoms with van der Waals surface area (Å²) in [5.41, 5.74) is 6.32. The lowest BCUT2D eigenvalue weighted by Gasteiger charge is -2.13. The van der Waals surface area contributed by atoms with Crippen LogP contribution < -0.4 is 11.1 Å². The lowest BCUT2D eigenvalue weighted by Crippen LogP contribution is -2.31. The average molecular weight is 231 g/mol. The molecule has 1 amide bonds. The van der Waals surface area contributed by atoms with Crippen LogP contribution in [0.2, 0.25) is 5.02 Å². The monoisotopic (exact) mass is 230 g/mol. The molecule has 1 aromatic rings. The van der Waals surface area contributed by atoms with Crippen molar-refractivity contribution < 1.29 is 9.18 Å². The summed E-state index contributed by atoms with van der Waals surface area (Å²) < 4.78 is 13.2. The minimum Gasteiger partial charge on any atom is -0.358 e. The number of likely N-dealkylation sites (N-methyl/N-ethyl adjacent to an activating group) is 1. The van der Waals surface area contributed by atoms with Gasteiger partial charge in [0.25, 0.3) is 0 Å². The van der Waals surface area contributed by atoms with Gasteiger partial charge in [-0.15, -0.1) is 0 Å². The van der Waals surface area contributed by atoms with Gasteiger partial charge in [-0.25, -0.2) is 4.39 Å². The van der Waals surface area contributed by atoms with Crippen molar-refractivity contribution in [3.63, 3.8) is 0 Å². The van der Waals surface area contributed by atoms with E-state index in [0.717, 1.165) is 0 Å². The van der Waals surface area contributed by atoms with Gasteiger partial charge >= 0.3 is 0 Å². The second-order valence-corrected chi connectivity index (χ2v) is 3.62. The zero-order chi connectivity index (χ0) is 11.6. The first kappa shape index (κ1) is 11.9. The Kier molecular flexibility index (Phi) is 3.66. The first-order valence-corrected chi connectivity index (χ1v) is 4.78. The van der Waals surface area contributed by atoms with Crippen molar-refractivity contribution in [2.75, 3.05) is 7.05 Å². The fourth-order valence-electron chi connectivity index (χ4n) is 1.20. The maximum Gasteiger partial charge on any atom is 0.241 e. The fourth-order valence-corrected chi connectivity index (χ4v) is 1.53. The van der Waals surface area contributed by atoms with Crippen LogP contribution in [0.5, 0.6) is 0 Å². The second-order valence-electron chi connectivity index (χ2n) is 3.21. The van der Waals surface area contributed by atoms with Crippen LogP contribution in [0.15, 0.2) is 12.1 Å². The largest absolute Gasteiger partial charge is 0.358 e. The molecule has 0 saturated heterocycles. The van der Waals surface area contributed by atoms with Crippen LogP contribution in [-0.2, 0) is 4.79 Å². The highest BCUT2D eigenvalue weighted by Crippen LogP contribution is 2.24. The topological polar surface area (TPSA) is 55.1 Å². The first-order valence-electron chi connectivity index (χ1n) is 4.40. The molecule has 0 heterocycles. The molecule has 0 aliphatic rings. The molecule has 0 aliphatic heterocycles. The summed E-state index contributed by atoms with van der Waals surface area (Å²) in [7, 11) is 1.46. The van der Waals surface area contributed by atoms with Gasteiger partial charge in [-0.05, 0) is 30.2 Å². The van der Waals surface area contributed by atoms with E-state index in [4.69, 9.17) is 17.3 Å². The van der Waals surface area contributed by atoms with Crippen LogP contribution in [-0.4, -0.2) is 13.0 Å². The normalized spacial score (nSPS) is 12.3. The minimum atomic E-state index is -0.947. The van der Waals surface area contributed by atoms with E-state index in [1.165, 1.54) is 19.2 Å². The van der Waals surface area contributed by atoms with Gasteiger partial charge in [0.1, 0.15) is 11.9 Å². The Morgan fingerprint density at radius 1 is 1.60 bits per heavy atom. The van der Waals surface area contributed by atoms with Gasteiger partial charge in [0.05, 0.1) is 0 Å². The molecule has 15 heavy (non-hydrogen) atoms. The molecule has 1 aromatic carbocycles. The van der Waals surface area contributed by atoms with E-state index in [0.29, 0.717) is 16.1 Å². The van der Waals surface area contributed by atoms with E-state index in [9.17, 15) is 9.18 Å². The molecular formula is C10H12ClFN2O. The molecule has 0 bridgehead atoms. The molecule has 1 unspecified atom stereocenters. The van der Waals surface area contributed by atoms with Crippen molar-refractivity contribution in [2.24, 2.45) is 5.73 Å². The highest BCUT2D eigenvalue weighted by Gasteiger charge is 2.18. The standard InChI is InChI=1S/C10H12ClFN2O/c1-5-3-7(11)6(4-8(5)12)9(13)10(15)14-2/h3-4,9H,13H2,1-2H3,(H,14,15). The maximum absolute atomic E-state index is 13.2. The maximum atomic E-state index is 13.2. The summed E-state index contributed by atoms with van der Waals surface area (Å²) in [5.74, 6) is -0.825. The number of carbonyl (C=O) groups is 1. The summed E-state index contributed by atoms with van der Waals surface area (Å²) in [6.45, 7) is 1.59. The van der Waals surface area contributed by atoms with Gasteiger partial charge in [0.15, 0.2) is 0 Å². The molecular weight excluding hydrogens is 219 g/mol. The van der Waals surface area contributed by atoms with Crippen LogP contribution >= 0.6 is 11.6 Å². The lowest BCUT2D eigenvalue weighted by molar-refractivity contribution is -0.121. The number of aryl methyl sites for hydroxylation is 1. The van der Waals surface area contributed by atoms with Crippen molar-refractivity contribution in [1.29, 1.82) is 0 Å². The van der Waals surface area contributed by atoms with Crippen LogP contribution in [0.25, 0.3) is 0 Å². The molecule has 1 atom stereocenters. The van der Waals surface area contributed by atoms with Crippen molar-refractivity contribution in [3.05, 3.63) is 34.1 Å². The molecule has 0 spiro atoms. The lowest BCUT2D eigenvalue weighted by atomic mass is 10.0. The highest BCUT2D eigenvalue weighted by molar-refractivity contribution is 6.31. The Labute approximate surface area is 92.4 Å². The molecule has 0 radical (unpaired) electrons. The van der Waals surface area contributed by atoms with Gasteiger partial charge in [0, 0.05) is 12.1 Å². The highest BCUT2D eigenvalue weighted by atomic mass is 35.5. The fraction of sp³-hybridized carbons (Fsp3) is 0.300. The Hall–Kier alpha value is -1.13. The number of amides is 1. The third-order valence-corrected chi connectivity index (χ3v) is 2.47. The summed E-state index contributed by atoms with van der Waals surface area (Å²) in [6, 6.07) is 1.70. The Bertz CT molecular complexity index is 395. The van der Waals surface area contributed by atoms with E-state index in [2.05, 4.69) is 5.32 Å². The average Bonchev–Trinajstić information content (AvgIpc) is 2.21. The van der Waals surface area contributed by atoms with Crippen LogP contribution in [0.4, 0.5) is 4.39 Å². The van der Waals surface area contributed by atoms with Crippen molar-refractivity contribution >= 4 is 17.5 Å². The number of carbonyl (C=O) groups excluding carboxylic acids is 1. The third-order valence-electron chi connectivity index (χ3n) is 2.14. The molecule has 82 valence electrons. The zero-order valence-corrected chi connectivity index (χ0v) is 9.23. The van der Waals surface area contributed by atoms with E-state index in [1.54, 1.807) is 6.92 Å². The Morgan fingerprint density at radius 3 is 2.73 bits per heavy atom. The molecule has 0 fully saturated rings. The summed E-state index contributed by atoms with van der Waals surface area (Å²) in [5, 5.41) is 2.68. The van der Waals surface area contributed by atoms with Gasteiger partial charge in [0.2, 0.25) is 5.91 Å². The molecule has 5 heteroatoms. The number of halogens is 2. The minimum absolute atomic E-state index is 0.291. The SMILES string of the molecule is CNC(=O)C(N)c1cc(F)c(C)cc1Cl. The first-order chi connectivity index (χ1) is 6.97. The summed E-state index contributed by atoms with van der Waals surface area (Å²) in [6.07, 6.45) is 0. The second kappa shape index (κ2) is 4.59. The van der Waals surface area contributed by atoms with Crippen LogP contribution in [0.3, 0.4) is 0 Å². The third kappa shape index (κ3) is 2.46. The van der Waals surface area contributed by atoms with Crippen LogP contribution in [0, 0.1) is 12.7 Å². The zero-order valence-electron chi connectivity index (χ0n) is 8.47. The number of rotatable bonds is 2. The van der Waals surface area contributed by atoms with Crippen molar-refractivity contribution in [1.82, 2.24) is 5.32 Å².